The van der Waals surface area contributed by atoms with E-state index in [9.17, 15) is 14.4 Å². The van der Waals surface area contributed by atoms with Gasteiger partial charge in [0.2, 0.25) is 0 Å². The molecule has 134 valence electrons. The summed E-state index contributed by atoms with van der Waals surface area (Å²) in [5.41, 5.74) is -1.39. The van der Waals surface area contributed by atoms with Crippen LogP contribution in [0.4, 0.5) is 4.79 Å². The molecular weight excluding hydrogens is 298 g/mol. The lowest BCUT2D eigenvalue weighted by Gasteiger charge is -2.19. The summed E-state index contributed by atoms with van der Waals surface area (Å²) in [6.45, 7) is 13.5. The Balaban J connectivity index is 0. The zero-order chi connectivity index (χ0) is 18.6. The van der Waals surface area contributed by atoms with Crippen molar-refractivity contribution in [1.29, 1.82) is 0 Å². The summed E-state index contributed by atoms with van der Waals surface area (Å²) in [6.07, 6.45) is 0.830. The standard InChI is InChI=1S/C12H19N3O4.2C2H6/c1-12(2,3)19-10(17)13-6-8-15-9(16)5-7-14(4)11(15)18;2*1-2/h5,7H,6,8H2,1-4H3,(H,13,17);2*1-2H3. The maximum atomic E-state index is 11.7. The van der Waals surface area contributed by atoms with Crippen molar-refractivity contribution in [3.05, 3.63) is 33.1 Å². The number of hydrogen-bond acceptors (Lipinski definition) is 4. The van der Waals surface area contributed by atoms with Crippen molar-refractivity contribution < 1.29 is 9.53 Å². The van der Waals surface area contributed by atoms with Gasteiger partial charge in [-0.1, -0.05) is 27.7 Å². The van der Waals surface area contributed by atoms with Gasteiger partial charge in [0, 0.05) is 32.4 Å². The molecule has 0 aliphatic rings. The quantitative estimate of drug-likeness (QED) is 0.921. The molecule has 0 aliphatic carbocycles. The van der Waals surface area contributed by atoms with Crippen LogP contribution in [-0.2, 0) is 18.3 Å². The monoisotopic (exact) mass is 329 g/mol. The van der Waals surface area contributed by atoms with Gasteiger partial charge in [-0.25, -0.2) is 9.59 Å². The molecule has 0 spiro atoms. The number of hydrogen-bond donors (Lipinski definition) is 1. The fourth-order valence-corrected chi connectivity index (χ4v) is 1.40. The molecule has 1 rings (SSSR count). The summed E-state index contributed by atoms with van der Waals surface area (Å²) < 4.78 is 7.39. The second-order valence-electron chi connectivity index (χ2n) is 5.13. The van der Waals surface area contributed by atoms with Crippen molar-refractivity contribution in [2.24, 2.45) is 7.05 Å². The molecule has 0 radical (unpaired) electrons. The second kappa shape index (κ2) is 11.5. The Morgan fingerprint density at radius 1 is 1.17 bits per heavy atom. The van der Waals surface area contributed by atoms with Gasteiger partial charge in [-0.15, -0.1) is 0 Å². The molecule has 1 N–H and O–H groups in total. The maximum absolute atomic E-state index is 11.7. The van der Waals surface area contributed by atoms with E-state index in [-0.39, 0.29) is 13.1 Å². The number of alkyl carbamates (subject to hydrolysis) is 1. The van der Waals surface area contributed by atoms with Gasteiger partial charge in [0.1, 0.15) is 5.60 Å². The largest absolute Gasteiger partial charge is 0.444 e. The Morgan fingerprint density at radius 3 is 2.17 bits per heavy atom. The van der Waals surface area contributed by atoms with Gasteiger partial charge < -0.3 is 14.6 Å². The minimum atomic E-state index is -0.580. The molecule has 0 saturated carbocycles. The van der Waals surface area contributed by atoms with Crippen LogP contribution in [0.3, 0.4) is 0 Å². The van der Waals surface area contributed by atoms with Crippen molar-refractivity contribution in [1.82, 2.24) is 14.5 Å². The van der Waals surface area contributed by atoms with E-state index in [1.165, 1.54) is 16.8 Å². The SMILES string of the molecule is CC.CC.Cn1ccc(=O)n(CCNC(=O)OC(C)(C)C)c1=O. The summed E-state index contributed by atoms with van der Waals surface area (Å²) in [5.74, 6) is 0. The van der Waals surface area contributed by atoms with Crippen LogP contribution in [0.5, 0.6) is 0 Å². The zero-order valence-corrected chi connectivity index (χ0v) is 15.6. The average molecular weight is 329 g/mol. The predicted molar refractivity (Wildman–Crippen MR) is 92.9 cm³/mol. The Kier molecular flexibility index (Phi) is 11.6. The van der Waals surface area contributed by atoms with Gasteiger partial charge >= 0.3 is 11.8 Å². The first kappa shape index (κ1) is 23.2. The van der Waals surface area contributed by atoms with Crippen molar-refractivity contribution >= 4 is 6.09 Å². The molecule has 1 amide bonds. The Morgan fingerprint density at radius 2 is 1.70 bits per heavy atom. The molecule has 0 atom stereocenters. The van der Waals surface area contributed by atoms with Crippen LogP contribution in [0.2, 0.25) is 0 Å². The minimum Gasteiger partial charge on any atom is -0.444 e. The topological polar surface area (TPSA) is 82.3 Å². The van der Waals surface area contributed by atoms with Crippen LogP contribution in [-0.4, -0.2) is 27.4 Å². The van der Waals surface area contributed by atoms with E-state index in [0.29, 0.717) is 0 Å². The molecule has 0 fully saturated rings. The van der Waals surface area contributed by atoms with Gasteiger partial charge in [-0.3, -0.25) is 9.36 Å². The first-order valence-electron chi connectivity index (χ1n) is 7.94. The number of rotatable bonds is 3. The summed E-state index contributed by atoms with van der Waals surface area (Å²) in [4.78, 5) is 34.6. The zero-order valence-electron chi connectivity index (χ0n) is 15.6. The van der Waals surface area contributed by atoms with Crippen LogP contribution in [0.15, 0.2) is 21.9 Å². The van der Waals surface area contributed by atoms with Crippen LogP contribution < -0.4 is 16.6 Å². The van der Waals surface area contributed by atoms with E-state index >= 15 is 0 Å². The third-order valence-corrected chi connectivity index (χ3v) is 2.24. The molecule has 0 unspecified atom stereocenters. The van der Waals surface area contributed by atoms with Crippen LogP contribution >= 0.6 is 0 Å². The molecule has 0 aliphatic heterocycles. The molecule has 7 nitrogen and oxygen atoms in total. The van der Waals surface area contributed by atoms with Crippen LogP contribution in [0.1, 0.15) is 48.5 Å². The van der Waals surface area contributed by atoms with E-state index in [2.05, 4.69) is 5.32 Å². The third kappa shape index (κ3) is 9.55. The summed E-state index contributed by atoms with van der Waals surface area (Å²) in [7, 11) is 1.56. The Hall–Kier alpha value is -2.05. The number of carbonyl (C=O) groups is 1. The Bertz CT molecular complexity index is 568. The molecule has 1 aromatic heterocycles. The lowest BCUT2D eigenvalue weighted by molar-refractivity contribution is 0.0525. The van der Waals surface area contributed by atoms with E-state index in [1.807, 2.05) is 27.7 Å². The van der Waals surface area contributed by atoms with E-state index in [0.717, 1.165) is 4.57 Å². The molecule has 1 aromatic rings. The second-order valence-corrected chi connectivity index (χ2v) is 5.13. The van der Waals surface area contributed by atoms with Gasteiger partial charge in [0.05, 0.1) is 0 Å². The smallest absolute Gasteiger partial charge is 0.407 e. The lowest BCUT2D eigenvalue weighted by atomic mass is 10.2. The fraction of sp³-hybridized carbons (Fsp3) is 0.688. The number of nitrogens with one attached hydrogen (secondary N) is 1. The predicted octanol–water partition coefficient (Wildman–Crippen LogP) is 2.12. The highest BCUT2D eigenvalue weighted by Gasteiger charge is 2.15. The molecule has 0 saturated heterocycles. The maximum Gasteiger partial charge on any atom is 0.407 e. The summed E-state index contributed by atoms with van der Waals surface area (Å²) >= 11 is 0. The van der Waals surface area contributed by atoms with E-state index < -0.39 is 22.9 Å². The molecule has 23 heavy (non-hydrogen) atoms. The van der Waals surface area contributed by atoms with Crippen LogP contribution in [0.25, 0.3) is 0 Å². The van der Waals surface area contributed by atoms with E-state index in [1.54, 1.807) is 27.8 Å². The highest BCUT2D eigenvalue weighted by Crippen LogP contribution is 2.05. The molecule has 7 heteroatoms. The highest BCUT2D eigenvalue weighted by atomic mass is 16.6. The summed E-state index contributed by atoms with van der Waals surface area (Å²) in [5, 5.41) is 2.49. The number of amides is 1. The number of ether oxygens (including phenoxy) is 1. The highest BCUT2D eigenvalue weighted by molar-refractivity contribution is 5.67. The molecule has 0 aromatic carbocycles. The first-order valence-corrected chi connectivity index (χ1v) is 7.94. The fourth-order valence-electron chi connectivity index (χ4n) is 1.40. The van der Waals surface area contributed by atoms with Crippen molar-refractivity contribution in [3.8, 4) is 0 Å². The van der Waals surface area contributed by atoms with Crippen molar-refractivity contribution in [3.63, 3.8) is 0 Å². The van der Waals surface area contributed by atoms with Gasteiger partial charge in [0.15, 0.2) is 0 Å². The number of carbonyl (C=O) groups excluding carboxylic acids is 1. The van der Waals surface area contributed by atoms with Crippen molar-refractivity contribution in [2.75, 3.05) is 6.54 Å². The average Bonchev–Trinajstić information content (AvgIpc) is 2.49. The van der Waals surface area contributed by atoms with Gasteiger partial charge in [0.25, 0.3) is 5.56 Å². The number of aryl methyl sites for hydroxylation is 1. The summed E-state index contributed by atoms with van der Waals surface area (Å²) in [6, 6.07) is 1.30. The molecular formula is C16H31N3O4. The number of aromatic nitrogens is 2. The first-order chi connectivity index (χ1) is 10.7. The minimum absolute atomic E-state index is 0.103. The Labute approximate surface area is 138 Å². The molecule has 1 heterocycles. The number of nitrogens with zero attached hydrogens (tertiary/aromatic N) is 2. The lowest BCUT2D eigenvalue weighted by Crippen LogP contribution is -2.41. The van der Waals surface area contributed by atoms with Gasteiger partial charge in [-0.05, 0) is 20.8 Å². The van der Waals surface area contributed by atoms with E-state index in [4.69, 9.17) is 4.74 Å². The van der Waals surface area contributed by atoms with Gasteiger partial charge in [-0.2, -0.15) is 0 Å². The molecule has 0 bridgehead atoms. The third-order valence-electron chi connectivity index (χ3n) is 2.24. The normalized spacial score (nSPS) is 9.74. The van der Waals surface area contributed by atoms with Crippen LogP contribution in [0, 0.1) is 0 Å². The van der Waals surface area contributed by atoms with Crippen molar-refractivity contribution in [2.45, 2.75) is 60.6 Å².